The van der Waals surface area contributed by atoms with Crippen molar-refractivity contribution in [3.05, 3.63) is 0 Å². The van der Waals surface area contributed by atoms with Crippen LogP contribution in [-0.2, 0) is 9.47 Å². The molecule has 0 aliphatic rings. The molecule has 0 unspecified atom stereocenters. The molecule has 0 heterocycles. The highest BCUT2D eigenvalue weighted by molar-refractivity contribution is 4.52. The highest BCUT2D eigenvalue weighted by atomic mass is 16.5. The molecule has 0 aromatic carbocycles. The van der Waals surface area contributed by atoms with Gasteiger partial charge in [-0.05, 0) is 47.5 Å². The van der Waals surface area contributed by atoms with Gasteiger partial charge in [0, 0.05) is 6.61 Å². The van der Waals surface area contributed by atoms with E-state index in [4.69, 9.17) is 9.47 Å². The Hall–Kier alpha value is -0.0800. The monoisotopic (exact) mass is 188 g/mol. The van der Waals surface area contributed by atoms with E-state index in [2.05, 4.69) is 34.6 Å². The third kappa shape index (κ3) is 9.84. The molecule has 0 aromatic rings. The zero-order valence-corrected chi connectivity index (χ0v) is 9.67. The lowest BCUT2D eigenvalue weighted by Gasteiger charge is -2.16. The van der Waals surface area contributed by atoms with E-state index < -0.39 is 0 Å². The van der Waals surface area contributed by atoms with E-state index in [0.29, 0.717) is 18.3 Å². The molecular formula is C11H24O2. The van der Waals surface area contributed by atoms with E-state index in [1.54, 1.807) is 0 Å². The van der Waals surface area contributed by atoms with Gasteiger partial charge in [0.2, 0.25) is 0 Å². The first-order chi connectivity index (χ1) is 6.02. The van der Waals surface area contributed by atoms with Crippen LogP contribution in [0.3, 0.4) is 0 Å². The molecule has 2 heteroatoms. The third-order valence-corrected chi connectivity index (χ3v) is 1.71. The first-order valence-electron chi connectivity index (χ1n) is 5.29. The average Bonchev–Trinajstić information content (AvgIpc) is 1.96. The predicted molar refractivity (Wildman–Crippen MR) is 56.0 cm³/mol. The van der Waals surface area contributed by atoms with Crippen LogP contribution in [0.4, 0.5) is 0 Å². The standard InChI is InChI=1S/C11H24O2/c1-9(2)12-8-6-7-11(5)13-10(3)4/h9-11H,6-8H2,1-5H3/t11-/m0/s1. The first kappa shape index (κ1) is 12.9. The van der Waals surface area contributed by atoms with Crippen molar-refractivity contribution in [3.8, 4) is 0 Å². The Morgan fingerprint density at radius 3 is 2.00 bits per heavy atom. The Bertz CT molecular complexity index is 111. The molecule has 0 saturated heterocycles. The number of hydrogen-bond acceptors (Lipinski definition) is 2. The van der Waals surface area contributed by atoms with Gasteiger partial charge in [-0.2, -0.15) is 0 Å². The fourth-order valence-electron chi connectivity index (χ4n) is 1.22. The quantitative estimate of drug-likeness (QED) is 0.572. The van der Waals surface area contributed by atoms with Crippen molar-refractivity contribution >= 4 is 0 Å². The number of hydrogen-bond donors (Lipinski definition) is 0. The molecule has 0 spiro atoms. The Balaban J connectivity index is 3.22. The second-order valence-electron chi connectivity index (χ2n) is 4.06. The van der Waals surface area contributed by atoms with Crippen LogP contribution in [0, 0.1) is 0 Å². The second-order valence-corrected chi connectivity index (χ2v) is 4.06. The largest absolute Gasteiger partial charge is 0.379 e. The minimum atomic E-state index is 0.334. The summed E-state index contributed by atoms with van der Waals surface area (Å²) >= 11 is 0. The van der Waals surface area contributed by atoms with Gasteiger partial charge in [0.25, 0.3) is 0 Å². The molecule has 0 aliphatic carbocycles. The minimum absolute atomic E-state index is 0.334. The van der Waals surface area contributed by atoms with Crippen LogP contribution in [0.5, 0.6) is 0 Å². The smallest absolute Gasteiger partial charge is 0.0551 e. The molecule has 0 saturated carbocycles. The molecule has 1 atom stereocenters. The molecule has 0 radical (unpaired) electrons. The normalized spacial score (nSPS) is 14.1. The SMILES string of the molecule is CC(C)OCCC[C@H](C)OC(C)C. The molecule has 0 bridgehead atoms. The molecular weight excluding hydrogens is 164 g/mol. The maximum Gasteiger partial charge on any atom is 0.0551 e. The van der Waals surface area contributed by atoms with Gasteiger partial charge in [-0.3, -0.25) is 0 Å². The molecule has 0 amide bonds. The van der Waals surface area contributed by atoms with Crippen molar-refractivity contribution in [1.29, 1.82) is 0 Å². The summed E-state index contributed by atoms with van der Waals surface area (Å²) in [6, 6.07) is 0. The fourth-order valence-corrected chi connectivity index (χ4v) is 1.22. The summed E-state index contributed by atoms with van der Waals surface area (Å²) in [6.45, 7) is 11.2. The van der Waals surface area contributed by atoms with Gasteiger partial charge in [-0.25, -0.2) is 0 Å². The van der Waals surface area contributed by atoms with Gasteiger partial charge in [-0.15, -0.1) is 0 Å². The highest BCUT2D eigenvalue weighted by Gasteiger charge is 2.04. The molecule has 80 valence electrons. The van der Waals surface area contributed by atoms with Crippen LogP contribution in [0.15, 0.2) is 0 Å². The molecule has 0 aromatic heterocycles. The maximum absolute atomic E-state index is 5.60. The lowest BCUT2D eigenvalue weighted by Crippen LogP contribution is -2.15. The van der Waals surface area contributed by atoms with Gasteiger partial charge in [-0.1, -0.05) is 0 Å². The Kier molecular flexibility index (Phi) is 7.29. The zero-order valence-electron chi connectivity index (χ0n) is 9.67. The summed E-state index contributed by atoms with van der Waals surface area (Å²) in [4.78, 5) is 0. The second kappa shape index (κ2) is 7.34. The zero-order chi connectivity index (χ0) is 10.3. The van der Waals surface area contributed by atoms with Crippen LogP contribution < -0.4 is 0 Å². The fraction of sp³-hybridized carbons (Fsp3) is 1.00. The topological polar surface area (TPSA) is 18.5 Å². The maximum atomic E-state index is 5.60. The van der Waals surface area contributed by atoms with Crippen molar-refractivity contribution in [2.45, 2.75) is 65.8 Å². The predicted octanol–water partition coefficient (Wildman–Crippen LogP) is 3.01. The molecule has 0 rings (SSSR count). The van der Waals surface area contributed by atoms with E-state index in [-0.39, 0.29) is 0 Å². The van der Waals surface area contributed by atoms with E-state index in [1.165, 1.54) is 0 Å². The van der Waals surface area contributed by atoms with E-state index in [0.717, 1.165) is 19.4 Å². The van der Waals surface area contributed by atoms with Gasteiger partial charge < -0.3 is 9.47 Å². The van der Waals surface area contributed by atoms with E-state index >= 15 is 0 Å². The average molecular weight is 188 g/mol. The van der Waals surface area contributed by atoms with Crippen molar-refractivity contribution < 1.29 is 9.47 Å². The summed E-state index contributed by atoms with van der Waals surface area (Å²) in [5, 5.41) is 0. The molecule has 2 nitrogen and oxygen atoms in total. The molecule has 0 N–H and O–H groups in total. The Labute approximate surface area is 82.6 Å². The lowest BCUT2D eigenvalue weighted by atomic mass is 10.2. The van der Waals surface area contributed by atoms with Crippen LogP contribution in [0.2, 0.25) is 0 Å². The van der Waals surface area contributed by atoms with Crippen LogP contribution >= 0.6 is 0 Å². The first-order valence-corrected chi connectivity index (χ1v) is 5.29. The van der Waals surface area contributed by atoms with Crippen LogP contribution in [-0.4, -0.2) is 24.9 Å². The summed E-state index contributed by atoms with van der Waals surface area (Å²) in [5.74, 6) is 0. The molecule has 0 aliphatic heterocycles. The van der Waals surface area contributed by atoms with Crippen molar-refractivity contribution in [2.75, 3.05) is 6.61 Å². The number of rotatable bonds is 7. The van der Waals surface area contributed by atoms with Crippen molar-refractivity contribution in [3.63, 3.8) is 0 Å². The summed E-state index contributed by atoms with van der Waals surface area (Å²) < 4.78 is 11.0. The van der Waals surface area contributed by atoms with Crippen LogP contribution in [0.1, 0.15) is 47.5 Å². The van der Waals surface area contributed by atoms with Crippen molar-refractivity contribution in [1.82, 2.24) is 0 Å². The van der Waals surface area contributed by atoms with Crippen LogP contribution in [0.25, 0.3) is 0 Å². The van der Waals surface area contributed by atoms with E-state index in [1.807, 2.05) is 0 Å². The van der Waals surface area contributed by atoms with Crippen molar-refractivity contribution in [2.24, 2.45) is 0 Å². The van der Waals surface area contributed by atoms with Gasteiger partial charge in [0.05, 0.1) is 18.3 Å². The Morgan fingerprint density at radius 2 is 1.54 bits per heavy atom. The van der Waals surface area contributed by atoms with Gasteiger partial charge >= 0.3 is 0 Å². The summed E-state index contributed by atoms with van der Waals surface area (Å²) in [6.07, 6.45) is 3.22. The third-order valence-electron chi connectivity index (χ3n) is 1.71. The van der Waals surface area contributed by atoms with Gasteiger partial charge in [0.15, 0.2) is 0 Å². The lowest BCUT2D eigenvalue weighted by molar-refractivity contribution is 0.00452. The molecule has 13 heavy (non-hydrogen) atoms. The highest BCUT2D eigenvalue weighted by Crippen LogP contribution is 2.05. The minimum Gasteiger partial charge on any atom is -0.379 e. The van der Waals surface area contributed by atoms with E-state index in [9.17, 15) is 0 Å². The molecule has 0 fully saturated rings. The Morgan fingerprint density at radius 1 is 0.923 bits per heavy atom. The van der Waals surface area contributed by atoms with Gasteiger partial charge in [0.1, 0.15) is 0 Å². The summed E-state index contributed by atoms with van der Waals surface area (Å²) in [7, 11) is 0. The summed E-state index contributed by atoms with van der Waals surface area (Å²) in [5.41, 5.74) is 0. The number of ether oxygens (including phenoxy) is 2.